The van der Waals surface area contributed by atoms with Crippen molar-refractivity contribution in [2.75, 3.05) is 26.4 Å². The second-order valence-corrected chi connectivity index (χ2v) is 30.7. The highest BCUT2D eigenvalue weighted by atomic mass is 16.8. The van der Waals surface area contributed by atoms with Gasteiger partial charge in [0.05, 0.1) is 55.8 Å². The zero-order valence-electron chi connectivity index (χ0n) is 55.4. The van der Waals surface area contributed by atoms with Crippen LogP contribution in [-0.4, -0.2) is 314 Å². The summed E-state index contributed by atoms with van der Waals surface area (Å²) in [5.74, 6) is -1.77. The molecule has 4 saturated carbocycles. The van der Waals surface area contributed by atoms with Crippen molar-refractivity contribution in [3.63, 3.8) is 0 Å². The lowest BCUT2D eigenvalue weighted by Gasteiger charge is -2.71. The number of hydrogen-bond donors (Lipinski definition) is 18. The van der Waals surface area contributed by atoms with E-state index in [0.717, 1.165) is 5.57 Å². The predicted molar refractivity (Wildman–Crippen MR) is 321 cm³/mol. The molecule has 31 heteroatoms. The van der Waals surface area contributed by atoms with Crippen molar-refractivity contribution >= 4 is 5.97 Å². The van der Waals surface area contributed by atoms with Crippen LogP contribution >= 0.6 is 0 Å². The Kier molecular flexibility index (Phi) is 21.7. The van der Waals surface area contributed by atoms with Crippen molar-refractivity contribution in [3.8, 4) is 0 Å². The van der Waals surface area contributed by atoms with E-state index in [1.165, 1.54) is 13.8 Å². The first kappa shape index (κ1) is 75.0. The molecule has 31 nitrogen and oxygen atoms in total. The van der Waals surface area contributed by atoms with E-state index in [9.17, 15) is 91.9 Å². The standard InChI is InChI=1S/C65H104O31/c1-24-12-17-65(59(83)96-58-50(44(79)39(74)31(22-68)90-58)93-53-45(80)40(75)35(70)25(2)86-53)19-18-62(7)27(52(65)64(24,9)84)10-11-33-61(6)15-14-34(60(4,5)32(61)13-16-63(33,62)8)91-56-51(95-54-46(81)41(76)36(71)26(3)87-54)48(28(69)23-85-56)92-57-49(43(78)38(73)30(21-67)89-57)94-55-47(82)42(77)37(72)29(20-66)88-55/h10,25-26,28-58,66-82,84H,1,11-23H2,2-9H3/t25-,26-,28-,29+,30+,31+,32-,33+,34-,35-,36-,37-,38-,39-,40+,41+,42-,43-,44-,45+,46+,47+,48-,49+,50+,51+,52+,53-,54-,55-,56-,57-,58-,61-,62+,63+,64+,65-/m0/s1. The van der Waals surface area contributed by atoms with Gasteiger partial charge in [0, 0.05) is 5.92 Å². The van der Waals surface area contributed by atoms with Crippen molar-refractivity contribution < 1.29 is 154 Å². The molecule has 38 atom stereocenters. The normalized spacial score (nSPS) is 55.2. The minimum atomic E-state index is -2.01. The Hall–Kier alpha value is -2.21. The molecule has 96 heavy (non-hydrogen) atoms. The van der Waals surface area contributed by atoms with Gasteiger partial charge in [0.25, 0.3) is 0 Å². The van der Waals surface area contributed by atoms with Crippen LogP contribution in [0.1, 0.15) is 113 Å². The molecule has 10 fully saturated rings. The summed E-state index contributed by atoms with van der Waals surface area (Å²) in [6, 6.07) is 0. The van der Waals surface area contributed by atoms with E-state index in [1.807, 2.05) is 0 Å². The van der Waals surface area contributed by atoms with Crippen molar-refractivity contribution in [1.29, 1.82) is 0 Å². The highest BCUT2D eigenvalue weighted by molar-refractivity contribution is 5.80. The molecule has 0 aromatic rings. The van der Waals surface area contributed by atoms with Crippen LogP contribution in [0, 0.1) is 44.8 Å². The minimum absolute atomic E-state index is 0.000558. The molecule has 0 unspecified atom stereocenters. The van der Waals surface area contributed by atoms with Gasteiger partial charge in [-0.2, -0.15) is 0 Å². The summed E-state index contributed by atoms with van der Waals surface area (Å²) in [5.41, 5.74) is -3.96. The Morgan fingerprint density at radius 2 is 0.990 bits per heavy atom. The smallest absolute Gasteiger partial charge is 0.315 e. The van der Waals surface area contributed by atoms with Crippen LogP contribution in [0.2, 0.25) is 0 Å². The topological polar surface area (TPSA) is 492 Å². The second-order valence-electron chi connectivity index (χ2n) is 30.7. The number of carbonyl (C=O) groups is 1. The molecule has 0 amide bonds. The molecule has 18 N–H and O–H groups in total. The number of carbonyl (C=O) groups excluding carboxylic acids is 1. The Morgan fingerprint density at radius 1 is 0.510 bits per heavy atom. The van der Waals surface area contributed by atoms with Gasteiger partial charge in [-0.25, -0.2) is 0 Å². The summed E-state index contributed by atoms with van der Waals surface area (Å²) in [6.45, 7) is 16.8. The molecule has 6 aliphatic heterocycles. The maximum Gasteiger partial charge on any atom is 0.315 e. The summed E-state index contributed by atoms with van der Waals surface area (Å²) >= 11 is 0. The summed E-state index contributed by atoms with van der Waals surface area (Å²) in [7, 11) is 0. The van der Waals surface area contributed by atoms with Gasteiger partial charge in [-0.3, -0.25) is 4.79 Å². The van der Waals surface area contributed by atoms with E-state index < -0.39 is 255 Å². The van der Waals surface area contributed by atoms with E-state index >= 15 is 4.79 Å². The van der Waals surface area contributed by atoms with Gasteiger partial charge in [0.15, 0.2) is 37.6 Å². The second kappa shape index (κ2) is 27.8. The van der Waals surface area contributed by atoms with E-state index in [0.29, 0.717) is 44.1 Å². The summed E-state index contributed by atoms with van der Waals surface area (Å²) in [4.78, 5) is 15.5. The van der Waals surface area contributed by atoms with Crippen LogP contribution in [-0.2, 0) is 61.6 Å². The van der Waals surface area contributed by atoms with Crippen molar-refractivity contribution in [2.24, 2.45) is 44.8 Å². The molecule has 11 rings (SSSR count). The molecule has 0 bridgehead atoms. The highest BCUT2D eigenvalue weighted by Gasteiger charge is 2.72. The minimum Gasteiger partial charge on any atom is -0.432 e. The monoisotopic (exact) mass is 1380 g/mol. The molecule has 6 saturated heterocycles. The van der Waals surface area contributed by atoms with Crippen molar-refractivity contribution in [3.05, 3.63) is 23.8 Å². The van der Waals surface area contributed by atoms with Gasteiger partial charge < -0.3 is 149 Å². The molecule has 11 aliphatic rings. The Labute approximate surface area is 555 Å². The van der Waals surface area contributed by atoms with Crippen LogP contribution in [0.3, 0.4) is 0 Å². The maximum atomic E-state index is 15.5. The van der Waals surface area contributed by atoms with Gasteiger partial charge in [-0.05, 0) is 118 Å². The number of aliphatic hydroxyl groups is 18. The van der Waals surface area contributed by atoms with E-state index in [-0.39, 0.29) is 31.1 Å². The first-order valence-electron chi connectivity index (χ1n) is 33.8. The third-order valence-corrected chi connectivity index (χ3v) is 25.2. The lowest BCUT2D eigenvalue weighted by molar-refractivity contribution is -0.401. The number of aliphatic hydroxyl groups excluding tert-OH is 17. The Bertz CT molecular complexity index is 2760. The van der Waals surface area contributed by atoms with Gasteiger partial charge in [-0.1, -0.05) is 52.8 Å². The first-order valence-corrected chi connectivity index (χ1v) is 33.8. The fourth-order valence-electron chi connectivity index (χ4n) is 19.0. The van der Waals surface area contributed by atoms with Crippen molar-refractivity contribution in [2.45, 2.75) is 303 Å². The SMILES string of the molecule is C=C1CC[C@]2(C(=O)O[C@@H]3O[C@H](CO)[C@H](O)[C@H](O)[C@H]3O[C@@H]3O[C@@H](C)[C@H](O)[C@@H](O)[C@H]3O)CC[C@]3(C)C(=CC[C@@H]4[C@@]5(C)CC[C@H](O[C@@H]6OC[C@H](O)[C@H](O[C@@H]7O[C@H](CO)[C@H](O)[C@H](O)[C@H]7O[C@@H]7O[C@H](CO)[C@H](O)[C@H](O)[C@H]7O)[C@H]6O[C@@H]6O[C@@H](C)[C@H](O)[C@@H](O)[C@H]6O)C(C)(C)[C@@H]5CC[C@]43C)[C@@H]2[C@]1(C)O. The summed E-state index contributed by atoms with van der Waals surface area (Å²) < 4.78 is 73.7. The fraction of sp³-hybridized carbons (Fsp3) is 0.923. The fourth-order valence-corrected chi connectivity index (χ4v) is 19.0. The van der Waals surface area contributed by atoms with Gasteiger partial charge in [0.2, 0.25) is 6.29 Å². The lowest BCUT2D eigenvalue weighted by Crippen LogP contribution is -2.68. The maximum absolute atomic E-state index is 15.5. The van der Waals surface area contributed by atoms with Crippen LogP contribution in [0.5, 0.6) is 0 Å². The molecule has 550 valence electrons. The number of rotatable bonds is 15. The van der Waals surface area contributed by atoms with Crippen molar-refractivity contribution in [1.82, 2.24) is 0 Å². The summed E-state index contributed by atoms with van der Waals surface area (Å²) in [6.07, 6.45) is -44.1. The molecular formula is C65H104O31. The van der Waals surface area contributed by atoms with Crippen LogP contribution in [0.4, 0.5) is 0 Å². The lowest BCUT2D eigenvalue weighted by atomic mass is 9.33. The van der Waals surface area contributed by atoms with E-state index in [1.54, 1.807) is 6.92 Å². The average Bonchev–Trinajstić information content (AvgIpc) is 0.660. The van der Waals surface area contributed by atoms with Gasteiger partial charge in [0.1, 0.15) is 122 Å². The number of fused-ring (bicyclic) bond motifs is 7. The Balaban J connectivity index is 0.865. The zero-order valence-corrected chi connectivity index (χ0v) is 55.4. The van der Waals surface area contributed by atoms with Gasteiger partial charge >= 0.3 is 5.97 Å². The van der Waals surface area contributed by atoms with E-state index in [2.05, 4.69) is 47.3 Å². The number of hydrogen-bond acceptors (Lipinski definition) is 31. The highest BCUT2D eigenvalue weighted by Crippen LogP contribution is 2.76. The third-order valence-electron chi connectivity index (χ3n) is 25.2. The summed E-state index contributed by atoms with van der Waals surface area (Å²) in [5, 5.41) is 198. The molecule has 0 spiro atoms. The predicted octanol–water partition coefficient (Wildman–Crippen LogP) is -4.80. The largest absolute Gasteiger partial charge is 0.432 e. The van der Waals surface area contributed by atoms with Crippen LogP contribution in [0.15, 0.2) is 23.8 Å². The molecule has 0 aromatic heterocycles. The number of ether oxygens (including phenoxy) is 12. The molecule has 0 aromatic carbocycles. The van der Waals surface area contributed by atoms with Crippen LogP contribution < -0.4 is 0 Å². The zero-order chi connectivity index (χ0) is 70.2. The molecule has 6 heterocycles. The third kappa shape index (κ3) is 12.3. The van der Waals surface area contributed by atoms with E-state index in [4.69, 9.17) is 56.8 Å². The molecule has 5 aliphatic carbocycles. The van der Waals surface area contributed by atoms with Gasteiger partial charge in [-0.15, -0.1) is 0 Å². The molecular weight excluding hydrogens is 1280 g/mol. The average molecular weight is 1380 g/mol. The quantitative estimate of drug-likeness (QED) is 0.0416. The number of esters is 1. The number of allylic oxidation sites excluding steroid dienone is 1. The Morgan fingerprint density at radius 3 is 1.54 bits per heavy atom. The van der Waals surface area contributed by atoms with Crippen LogP contribution in [0.25, 0.3) is 0 Å². The first-order chi connectivity index (χ1) is 45.0. The molecule has 0 radical (unpaired) electrons.